The molecule has 7 heteroatoms. The van der Waals surface area contributed by atoms with E-state index in [0.29, 0.717) is 6.54 Å². The second-order valence-electron chi connectivity index (χ2n) is 5.35. The molecule has 0 amide bonds. The topological polar surface area (TPSA) is 50.3 Å². The molecule has 2 aromatic rings. The molecule has 0 N–H and O–H groups in total. The molecule has 21 heavy (non-hydrogen) atoms. The highest BCUT2D eigenvalue weighted by Gasteiger charge is 2.26. The lowest BCUT2D eigenvalue weighted by Crippen LogP contribution is -2.26. The van der Waals surface area contributed by atoms with Crippen LogP contribution < -0.4 is 0 Å². The molecule has 0 aromatic carbocycles. The van der Waals surface area contributed by atoms with Crippen molar-refractivity contribution < 1.29 is 8.42 Å². The van der Waals surface area contributed by atoms with Gasteiger partial charge in [-0.05, 0) is 31.3 Å². The van der Waals surface area contributed by atoms with Crippen molar-refractivity contribution >= 4 is 32.5 Å². The van der Waals surface area contributed by atoms with E-state index in [2.05, 4.69) is 21.3 Å². The molecule has 4 nitrogen and oxygen atoms in total. The maximum absolute atomic E-state index is 11.9. The number of thiophene rings is 1. The normalized spacial score (nSPS) is 23.0. The molecule has 2 aromatic heterocycles. The molecule has 0 radical (unpaired) electrons. The fourth-order valence-electron chi connectivity index (χ4n) is 2.39. The van der Waals surface area contributed by atoms with Gasteiger partial charge in [-0.25, -0.2) is 13.4 Å². The van der Waals surface area contributed by atoms with Crippen molar-refractivity contribution in [2.75, 3.05) is 18.8 Å². The Bertz CT molecular complexity index is 692. The van der Waals surface area contributed by atoms with Crippen LogP contribution >= 0.6 is 22.7 Å². The predicted octanol–water partition coefficient (Wildman–Crippen LogP) is 2.88. The van der Waals surface area contributed by atoms with Gasteiger partial charge in [0.15, 0.2) is 9.84 Å². The van der Waals surface area contributed by atoms with Crippen molar-refractivity contribution in [3.8, 4) is 9.88 Å². The zero-order valence-electron chi connectivity index (χ0n) is 11.9. The highest BCUT2D eigenvalue weighted by atomic mass is 32.2. The van der Waals surface area contributed by atoms with Crippen LogP contribution in [0.5, 0.6) is 0 Å². The van der Waals surface area contributed by atoms with E-state index in [4.69, 9.17) is 0 Å². The summed E-state index contributed by atoms with van der Waals surface area (Å²) >= 11 is 3.39. The van der Waals surface area contributed by atoms with Gasteiger partial charge in [-0.3, -0.25) is 4.90 Å². The maximum Gasteiger partial charge on any atom is 0.154 e. The Morgan fingerprint density at radius 3 is 3.05 bits per heavy atom. The molecular formula is C14H18N2O2S3. The maximum atomic E-state index is 11.9. The summed E-state index contributed by atoms with van der Waals surface area (Å²) < 4.78 is 23.8. The number of rotatable bonds is 3. The summed E-state index contributed by atoms with van der Waals surface area (Å²) in [6.07, 6.45) is 2.64. The third-order valence-electron chi connectivity index (χ3n) is 3.82. The van der Waals surface area contributed by atoms with E-state index in [1.54, 1.807) is 22.7 Å². The molecule has 0 spiro atoms. The van der Waals surface area contributed by atoms with Crippen molar-refractivity contribution in [1.82, 2.24) is 9.88 Å². The van der Waals surface area contributed by atoms with Crippen LogP contribution in [0.2, 0.25) is 0 Å². The van der Waals surface area contributed by atoms with E-state index >= 15 is 0 Å². The summed E-state index contributed by atoms with van der Waals surface area (Å²) in [7, 11) is -2.91. The summed E-state index contributed by atoms with van der Waals surface area (Å²) in [6, 6.07) is 4.11. The highest BCUT2D eigenvalue weighted by molar-refractivity contribution is 7.92. The molecule has 1 unspecified atom stereocenters. The summed E-state index contributed by atoms with van der Waals surface area (Å²) in [5, 5.41) is 2.89. The Hall–Kier alpha value is -0.760. The SMILES string of the molecule is CC1CCN(Cc2cnc(-c3cccs3)s2)CCS1(=O)=O. The van der Waals surface area contributed by atoms with E-state index in [-0.39, 0.29) is 11.0 Å². The number of thiazole rings is 1. The lowest BCUT2D eigenvalue weighted by atomic mass is 10.3. The average molecular weight is 343 g/mol. The first-order valence-corrected chi connectivity index (χ1v) is 10.4. The van der Waals surface area contributed by atoms with Crippen LogP contribution in [-0.2, 0) is 16.4 Å². The van der Waals surface area contributed by atoms with Crippen molar-refractivity contribution in [2.45, 2.75) is 25.1 Å². The first-order chi connectivity index (χ1) is 10.0. The molecule has 0 aliphatic carbocycles. The Morgan fingerprint density at radius 2 is 2.29 bits per heavy atom. The zero-order valence-corrected chi connectivity index (χ0v) is 14.3. The molecule has 1 fully saturated rings. The van der Waals surface area contributed by atoms with Gasteiger partial charge in [0.1, 0.15) is 5.01 Å². The molecule has 1 atom stereocenters. The van der Waals surface area contributed by atoms with Crippen molar-refractivity contribution in [1.29, 1.82) is 0 Å². The van der Waals surface area contributed by atoms with Crippen LogP contribution in [0.1, 0.15) is 18.2 Å². The average Bonchev–Trinajstić information content (AvgIpc) is 3.09. The quantitative estimate of drug-likeness (QED) is 0.861. The monoisotopic (exact) mass is 342 g/mol. The fraction of sp³-hybridized carbons (Fsp3) is 0.500. The molecule has 0 bridgehead atoms. The number of nitrogens with zero attached hydrogens (tertiary/aromatic N) is 2. The minimum absolute atomic E-state index is 0.217. The van der Waals surface area contributed by atoms with E-state index in [9.17, 15) is 8.42 Å². The third-order valence-corrected chi connectivity index (χ3v) is 8.06. The molecule has 114 valence electrons. The zero-order chi connectivity index (χ0) is 14.9. The Balaban J connectivity index is 1.67. The van der Waals surface area contributed by atoms with Crippen LogP contribution in [0.25, 0.3) is 9.88 Å². The van der Waals surface area contributed by atoms with Gasteiger partial charge in [-0.2, -0.15) is 0 Å². The van der Waals surface area contributed by atoms with E-state index in [0.717, 1.165) is 24.5 Å². The van der Waals surface area contributed by atoms with E-state index in [1.807, 2.05) is 19.2 Å². The minimum atomic E-state index is -2.91. The van der Waals surface area contributed by atoms with Gasteiger partial charge < -0.3 is 0 Å². The van der Waals surface area contributed by atoms with Gasteiger partial charge in [0.05, 0.1) is 15.9 Å². The standard InChI is InChI=1S/C14H18N2O2S3/c1-11-4-5-16(6-8-21(11,17)18)10-12-9-15-14(20-12)13-3-2-7-19-13/h2-3,7,9,11H,4-6,8,10H2,1H3. The third kappa shape index (κ3) is 3.53. The van der Waals surface area contributed by atoms with Crippen molar-refractivity contribution in [3.05, 3.63) is 28.6 Å². The molecule has 1 saturated heterocycles. The number of sulfone groups is 1. The molecule has 3 rings (SSSR count). The van der Waals surface area contributed by atoms with Gasteiger partial charge in [0, 0.05) is 24.2 Å². The predicted molar refractivity (Wildman–Crippen MR) is 88.6 cm³/mol. The van der Waals surface area contributed by atoms with Crippen LogP contribution in [0.4, 0.5) is 0 Å². The summed E-state index contributed by atoms with van der Waals surface area (Å²) in [5.41, 5.74) is 0. The lowest BCUT2D eigenvalue weighted by Gasteiger charge is -2.17. The summed E-state index contributed by atoms with van der Waals surface area (Å²) in [6.45, 7) is 4.08. The van der Waals surface area contributed by atoms with Crippen molar-refractivity contribution in [2.24, 2.45) is 0 Å². The first kappa shape index (κ1) is 15.1. The first-order valence-electron chi connectivity index (χ1n) is 6.97. The van der Waals surface area contributed by atoms with E-state index in [1.165, 1.54) is 9.75 Å². The highest BCUT2D eigenvalue weighted by Crippen LogP contribution is 2.29. The number of hydrogen-bond acceptors (Lipinski definition) is 6. The van der Waals surface area contributed by atoms with Crippen molar-refractivity contribution in [3.63, 3.8) is 0 Å². The molecule has 0 saturated carbocycles. The van der Waals surface area contributed by atoms with E-state index < -0.39 is 9.84 Å². The Kier molecular flexibility index (Phi) is 4.44. The van der Waals surface area contributed by atoms with Crippen LogP contribution in [-0.4, -0.2) is 42.4 Å². The van der Waals surface area contributed by atoms with Crippen LogP contribution in [0.3, 0.4) is 0 Å². The minimum Gasteiger partial charge on any atom is -0.297 e. The summed E-state index contributed by atoms with van der Waals surface area (Å²) in [5.74, 6) is 0.269. The molecule has 3 heterocycles. The summed E-state index contributed by atoms with van der Waals surface area (Å²) in [4.78, 5) is 9.10. The van der Waals surface area contributed by atoms with Gasteiger partial charge in [0.25, 0.3) is 0 Å². The Morgan fingerprint density at radius 1 is 1.43 bits per heavy atom. The largest absolute Gasteiger partial charge is 0.297 e. The van der Waals surface area contributed by atoms with Gasteiger partial charge in [-0.15, -0.1) is 22.7 Å². The second kappa shape index (κ2) is 6.16. The number of aromatic nitrogens is 1. The molecular weight excluding hydrogens is 324 g/mol. The van der Waals surface area contributed by atoms with Gasteiger partial charge in [0.2, 0.25) is 0 Å². The smallest absolute Gasteiger partial charge is 0.154 e. The van der Waals surface area contributed by atoms with Crippen LogP contribution in [0.15, 0.2) is 23.7 Å². The Labute approximate surface area is 133 Å². The van der Waals surface area contributed by atoms with Crippen LogP contribution in [0, 0.1) is 0 Å². The lowest BCUT2D eigenvalue weighted by molar-refractivity contribution is 0.286. The fourth-order valence-corrected chi connectivity index (χ4v) is 5.52. The van der Waals surface area contributed by atoms with Gasteiger partial charge >= 0.3 is 0 Å². The molecule has 1 aliphatic heterocycles. The van der Waals surface area contributed by atoms with Gasteiger partial charge in [-0.1, -0.05) is 6.07 Å². The second-order valence-corrected chi connectivity index (χ2v) is 9.95. The molecule has 1 aliphatic rings. The number of hydrogen-bond donors (Lipinski definition) is 0.